The van der Waals surface area contributed by atoms with Crippen LogP contribution in [0, 0.1) is 6.92 Å². The van der Waals surface area contributed by atoms with Gasteiger partial charge in [-0.3, -0.25) is 0 Å². The Bertz CT molecular complexity index is 736. The largest absolute Gasteiger partial charge is 0.508 e. The first-order valence-corrected chi connectivity index (χ1v) is 6.69. The first kappa shape index (κ1) is 11.5. The Hall–Kier alpha value is -1.58. The van der Waals surface area contributed by atoms with E-state index in [1.807, 2.05) is 37.3 Å². The monoisotopic (exact) mass is 275 g/mol. The number of phenolic OH excluding ortho intramolecular Hbond substituents is 1. The van der Waals surface area contributed by atoms with Gasteiger partial charge in [-0.15, -0.1) is 11.3 Å². The molecule has 0 radical (unpaired) electrons. The molecule has 1 heterocycles. The highest BCUT2D eigenvalue weighted by Gasteiger charge is 2.08. The van der Waals surface area contributed by atoms with Crippen molar-refractivity contribution < 1.29 is 5.11 Å². The van der Waals surface area contributed by atoms with E-state index in [-0.39, 0.29) is 0 Å². The molecule has 0 atom stereocenters. The Morgan fingerprint density at radius 3 is 2.78 bits per heavy atom. The number of phenols is 1. The molecule has 0 unspecified atom stereocenters. The molecule has 0 saturated carbocycles. The molecule has 1 aromatic heterocycles. The van der Waals surface area contributed by atoms with Gasteiger partial charge >= 0.3 is 0 Å². The van der Waals surface area contributed by atoms with Crippen LogP contribution in [0.15, 0.2) is 36.4 Å². The van der Waals surface area contributed by atoms with Crippen molar-refractivity contribution in [1.82, 2.24) is 4.98 Å². The number of hydrogen-bond acceptors (Lipinski definition) is 3. The lowest BCUT2D eigenvalue weighted by Gasteiger charge is -2.00. The highest BCUT2D eigenvalue weighted by atomic mass is 35.5. The van der Waals surface area contributed by atoms with Gasteiger partial charge in [0.25, 0.3) is 0 Å². The summed E-state index contributed by atoms with van der Waals surface area (Å²) in [4.78, 5) is 4.54. The molecule has 2 nitrogen and oxygen atoms in total. The molecule has 3 aromatic rings. The van der Waals surface area contributed by atoms with E-state index in [0.717, 1.165) is 26.4 Å². The number of aryl methyl sites for hydroxylation is 1. The lowest BCUT2D eigenvalue weighted by atomic mass is 10.1. The number of benzene rings is 2. The first-order chi connectivity index (χ1) is 8.63. The van der Waals surface area contributed by atoms with E-state index in [9.17, 15) is 5.11 Å². The zero-order valence-corrected chi connectivity index (χ0v) is 11.2. The van der Waals surface area contributed by atoms with Crippen LogP contribution >= 0.6 is 22.9 Å². The van der Waals surface area contributed by atoms with Crippen molar-refractivity contribution in [2.45, 2.75) is 6.92 Å². The Kier molecular flexibility index (Phi) is 2.73. The fourth-order valence-electron chi connectivity index (χ4n) is 1.77. The Morgan fingerprint density at radius 2 is 2.00 bits per heavy atom. The van der Waals surface area contributed by atoms with Crippen LogP contribution in [0.1, 0.15) is 5.56 Å². The number of rotatable bonds is 1. The maximum atomic E-state index is 9.74. The van der Waals surface area contributed by atoms with Crippen LogP contribution in [0.2, 0.25) is 5.02 Å². The Labute approximate surface area is 113 Å². The third kappa shape index (κ3) is 1.96. The van der Waals surface area contributed by atoms with Crippen molar-refractivity contribution >= 4 is 33.2 Å². The molecule has 0 bridgehead atoms. The van der Waals surface area contributed by atoms with E-state index in [2.05, 4.69) is 4.98 Å². The molecule has 3 rings (SSSR count). The third-order valence-electron chi connectivity index (χ3n) is 2.81. The summed E-state index contributed by atoms with van der Waals surface area (Å²) >= 11 is 7.54. The average Bonchev–Trinajstić information content (AvgIpc) is 2.75. The van der Waals surface area contributed by atoms with Gasteiger partial charge in [0.05, 0.1) is 10.2 Å². The molecular formula is C14H10ClNOS. The fourth-order valence-corrected chi connectivity index (χ4v) is 2.88. The summed E-state index contributed by atoms with van der Waals surface area (Å²) in [5.74, 6) is 0.296. The van der Waals surface area contributed by atoms with Crippen LogP contribution in [0.4, 0.5) is 0 Å². The van der Waals surface area contributed by atoms with Gasteiger partial charge in [-0.1, -0.05) is 23.7 Å². The quantitative estimate of drug-likeness (QED) is 0.702. The first-order valence-electron chi connectivity index (χ1n) is 5.49. The van der Waals surface area contributed by atoms with Crippen LogP contribution in [-0.2, 0) is 0 Å². The SMILES string of the molecule is Cc1ccc(-c2nc3cc(Cl)ccc3s2)cc1O. The van der Waals surface area contributed by atoms with Gasteiger partial charge in [0.1, 0.15) is 10.8 Å². The van der Waals surface area contributed by atoms with Crippen LogP contribution in [-0.4, -0.2) is 10.1 Å². The molecule has 2 aromatic carbocycles. The minimum Gasteiger partial charge on any atom is -0.508 e. The predicted molar refractivity (Wildman–Crippen MR) is 76.5 cm³/mol. The smallest absolute Gasteiger partial charge is 0.124 e. The van der Waals surface area contributed by atoms with Crippen molar-refractivity contribution in [2.24, 2.45) is 0 Å². The molecule has 0 aliphatic heterocycles. The highest BCUT2D eigenvalue weighted by molar-refractivity contribution is 7.21. The van der Waals surface area contributed by atoms with Crippen molar-refractivity contribution in [3.8, 4) is 16.3 Å². The van der Waals surface area contributed by atoms with Crippen molar-refractivity contribution in [2.75, 3.05) is 0 Å². The summed E-state index contributed by atoms with van der Waals surface area (Å²) in [5, 5.41) is 11.3. The predicted octanol–water partition coefficient (Wildman–Crippen LogP) is 4.63. The second-order valence-electron chi connectivity index (χ2n) is 4.13. The summed E-state index contributed by atoms with van der Waals surface area (Å²) in [6.07, 6.45) is 0. The maximum absolute atomic E-state index is 9.74. The number of fused-ring (bicyclic) bond motifs is 1. The Morgan fingerprint density at radius 1 is 1.17 bits per heavy atom. The van der Waals surface area contributed by atoms with Gasteiger partial charge in [-0.2, -0.15) is 0 Å². The second-order valence-corrected chi connectivity index (χ2v) is 5.60. The summed E-state index contributed by atoms with van der Waals surface area (Å²) in [7, 11) is 0. The maximum Gasteiger partial charge on any atom is 0.124 e. The molecule has 0 amide bonds. The molecule has 0 saturated heterocycles. The molecule has 0 aliphatic rings. The van der Waals surface area contributed by atoms with Gasteiger partial charge in [0, 0.05) is 10.6 Å². The molecule has 90 valence electrons. The summed E-state index contributed by atoms with van der Waals surface area (Å²) < 4.78 is 1.09. The average molecular weight is 276 g/mol. The van der Waals surface area contributed by atoms with Crippen LogP contribution in [0.25, 0.3) is 20.8 Å². The minimum atomic E-state index is 0.296. The van der Waals surface area contributed by atoms with Gasteiger partial charge in [0.2, 0.25) is 0 Å². The van der Waals surface area contributed by atoms with Gasteiger partial charge in [-0.05, 0) is 36.8 Å². The molecule has 1 N–H and O–H groups in total. The van der Waals surface area contributed by atoms with E-state index in [0.29, 0.717) is 10.8 Å². The molecule has 0 fully saturated rings. The van der Waals surface area contributed by atoms with Crippen LogP contribution < -0.4 is 0 Å². The van der Waals surface area contributed by atoms with Crippen molar-refractivity contribution in [3.05, 3.63) is 47.0 Å². The van der Waals surface area contributed by atoms with Crippen LogP contribution in [0.3, 0.4) is 0 Å². The van der Waals surface area contributed by atoms with Gasteiger partial charge in [-0.25, -0.2) is 4.98 Å². The summed E-state index contributed by atoms with van der Waals surface area (Å²) in [6.45, 7) is 1.87. The van der Waals surface area contributed by atoms with Gasteiger partial charge < -0.3 is 5.11 Å². The molecule has 0 spiro atoms. The van der Waals surface area contributed by atoms with Crippen molar-refractivity contribution in [3.63, 3.8) is 0 Å². The Balaban J connectivity index is 2.16. The molecule has 0 aliphatic carbocycles. The number of hydrogen-bond donors (Lipinski definition) is 1. The topological polar surface area (TPSA) is 33.1 Å². The zero-order chi connectivity index (χ0) is 12.7. The van der Waals surface area contributed by atoms with E-state index in [1.54, 1.807) is 17.4 Å². The zero-order valence-electron chi connectivity index (χ0n) is 9.64. The van der Waals surface area contributed by atoms with E-state index in [4.69, 9.17) is 11.6 Å². The summed E-state index contributed by atoms with van der Waals surface area (Å²) in [5.41, 5.74) is 2.68. The number of aromatic hydroxyl groups is 1. The lowest BCUT2D eigenvalue weighted by Crippen LogP contribution is -1.78. The molecular weight excluding hydrogens is 266 g/mol. The van der Waals surface area contributed by atoms with Crippen molar-refractivity contribution in [1.29, 1.82) is 0 Å². The van der Waals surface area contributed by atoms with E-state index in [1.165, 1.54) is 0 Å². The van der Waals surface area contributed by atoms with Gasteiger partial charge in [0.15, 0.2) is 0 Å². The number of aromatic nitrogens is 1. The third-order valence-corrected chi connectivity index (χ3v) is 4.13. The minimum absolute atomic E-state index is 0.296. The number of thiazole rings is 1. The normalized spacial score (nSPS) is 11.0. The fraction of sp³-hybridized carbons (Fsp3) is 0.0714. The standard InChI is InChI=1S/C14H10ClNOS/c1-8-2-3-9(6-12(8)17)14-16-11-7-10(15)4-5-13(11)18-14/h2-7,17H,1H3. The second kappa shape index (κ2) is 4.26. The van der Waals surface area contributed by atoms with E-state index < -0.39 is 0 Å². The number of halogens is 1. The summed E-state index contributed by atoms with van der Waals surface area (Å²) in [6, 6.07) is 11.3. The highest BCUT2D eigenvalue weighted by Crippen LogP contribution is 2.33. The van der Waals surface area contributed by atoms with Crippen LogP contribution in [0.5, 0.6) is 5.75 Å². The lowest BCUT2D eigenvalue weighted by molar-refractivity contribution is 0.471. The molecule has 18 heavy (non-hydrogen) atoms. The molecule has 4 heteroatoms. The van der Waals surface area contributed by atoms with E-state index >= 15 is 0 Å². The number of nitrogens with zero attached hydrogens (tertiary/aromatic N) is 1.